The van der Waals surface area contributed by atoms with Gasteiger partial charge < -0.3 is 11.1 Å². The smallest absolute Gasteiger partial charge is 0.174 e. The van der Waals surface area contributed by atoms with E-state index in [4.69, 9.17) is 11.0 Å². The number of anilines is 2. The average molecular weight is 265 g/mol. The second-order valence-electron chi connectivity index (χ2n) is 4.10. The second-order valence-corrected chi connectivity index (χ2v) is 5.12. The molecule has 0 aliphatic rings. The van der Waals surface area contributed by atoms with Crippen molar-refractivity contribution in [2.45, 2.75) is 46.1 Å². The van der Waals surface area contributed by atoms with Crippen LogP contribution < -0.4 is 11.1 Å². The summed E-state index contributed by atoms with van der Waals surface area (Å²) in [6, 6.07) is 2.39. The number of thiophene rings is 1. The van der Waals surface area contributed by atoms with Crippen molar-refractivity contribution in [1.29, 1.82) is 5.26 Å². The minimum absolute atomic E-state index is 0.00778. The summed E-state index contributed by atoms with van der Waals surface area (Å²) < 4.78 is 0. The molecule has 0 bridgehead atoms. The Balaban J connectivity index is 3.13. The topological polar surface area (TPSA) is 78.9 Å². The largest absolute Gasteiger partial charge is 0.396 e. The van der Waals surface area contributed by atoms with Gasteiger partial charge in [-0.05, 0) is 12.8 Å². The number of nitriles is 1. The highest BCUT2D eigenvalue weighted by molar-refractivity contribution is 7.19. The van der Waals surface area contributed by atoms with Crippen molar-refractivity contribution in [3.05, 3.63) is 10.4 Å². The molecule has 5 heteroatoms. The molecule has 0 fully saturated rings. The Kier molecular flexibility index (Phi) is 5.17. The van der Waals surface area contributed by atoms with Crippen LogP contribution in [0, 0.1) is 11.3 Å². The fourth-order valence-electron chi connectivity index (χ4n) is 1.70. The molecule has 3 N–H and O–H groups in total. The SMILES string of the molecule is CCC(=O)c1sc(NC(CC)CC)c(C#N)c1N. The van der Waals surface area contributed by atoms with E-state index in [1.54, 1.807) is 6.92 Å². The van der Waals surface area contributed by atoms with Crippen LogP contribution in [-0.2, 0) is 0 Å². The molecule has 0 aromatic carbocycles. The summed E-state index contributed by atoms with van der Waals surface area (Å²) in [4.78, 5) is 12.2. The zero-order valence-electron chi connectivity index (χ0n) is 11.0. The van der Waals surface area contributed by atoms with E-state index in [0.717, 1.165) is 17.8 Å². The molecule has 1 rings (SSSR count). The van der Waals surface area contributed by atoms with E-state index in [1.165, 1.54) is 11.3 Å². The average Bonchev–Trinajstić information content (AvgIpc) is 2.71. The molecule has 0 spiro atoms. The van der Waals surface area contributed by atoms with Crippen LogP contribution in [0.1, 0.15) is 55.3 Å². The highest BCUT2D eigenvalue weighted by Gasteiger charge is 2.20. The number of nitrogens with two attached hydrogens (primary N) is 1. The Hall–Kier alpha value is -1.54. The molecule has 0 radical (unpaired) electrons. The molecule has 1 heterocycles. The summed E-state index contributed by atoms with van der Waals surface area (Å²) in [6.45, 7) is 5.96. The molecule has 4 nitrogen and oxygen atoms in total. The number of nitrogens with one attached hydrogen (secondary N) is 1. The number of nitrogens with zero attached hydrogens (tertiary/aromatic N) is 1. The monoisotopic (exact) mass is 265 g/mol. The van der Waals surface area contributed by atoms with Gasteiger partial charge in [-0.3, -0.25) is 4.79 Å². The van der Waals surface area contributed by atoms with Crippen LogP contribution in [0.2, 0.25) is 0 Å². The minimum Gasteiger partial charge on any atom is -0.396 e. The van der Waals surface area contributed by atoms with Gasteiger partial charge in [-0.1, -0.05) is 20.8 Å². The van der Waals surface area contributed by atoms with E-state index in [1.807, 2.05) is 0 Å². The number of carbonyl (C=O) groups excluding carboxylic acids is 1. The fourth-order valence-corrected chi connectivity index (χ4v) is 2.86. The van der Waals surface area contributed by atoms with Crippen molar-refractivity contribution < 1.29 is 4.79 Å². The van der Waals surface area contributed by atoms with Crippen LogP contribution in [-0.4, -0.2) is 11.8 Å². The predicted octanol–water partition coefficient (Wildman–Crippen LogP) is 3.40. The highest BCUT2D eigenvalue weighted by Crippen LogP contribution is 2.36. The molecular formula is C13H19N3OS. The van der Waals surface area contributed by atoms with Crippen molar-refractivity contribution in [1.82, 2.24) is 0 Å². The van der Waals surface area contributed by atoms with Gasteiger partial charge in [0, 0.05) is 12.5 Å². The van der Waals surface area contributed by atoms with E-state index in [-0.39, 0.29) is 5.78 Å². The Morgan fingerprint density at radius 3 is 2.50 bits per heavy atom. The van der Waals surface area contributed by atoms with E-state index in [2.05, 4.69) is 25.2 Å². The Morgan fingerprint density at radius 2 is 2.06 bits per heavy atom. The second kappa shape index (κ2) is 6.41. The van der Waals surface area contributed by atoms with Crippen LogP contribution in [0.25, 0.3) is 0 Å². The lowest BCUT2D eigenvalue weighted by Crippen LogP contribution is -2.16. The van der Waals surface area contributed by atoms with Gasteiger partial charge in [0.05, 0.1) is 10.6 Å². The van der Waals surface area contributed by atoms with Crippen molar-refractivity contribution >= 4 is 27.8 Å². The summed E-state index contributed by atoms with van der Waals surface area (Å²) in [5, 5.41) is 13.2. The Bertz CT molecular complexity index is 469. The molecular weight excluding hydrogens is 246 g/mol. The van der Waals surface area contributed by atoms with E-state index in [9.17, 15) is 4.79 Å². The van der Waals surface area contributed by atoms with Gasteiger partial charge in [-0.15, -0.1) is 11.3 Å². The third-order valence-electron chi connectivity index (χ3n) is 2.95. The van der Waals surface area contributed by atoms with Crippen LogP contribution in [0.4, 0.5) is 10.7 Å². The summed E-state index contributed by atoms with van der Waals surface area (Å²) >= 11 is 1.29. The lowest BCUT2D eigenvalue weighted by molar-refractivity contribution is 0.0993. The van der Waals surface area contributed by atoms with E-state index < -0.39 is 0 Å². The highest BCUT2D eigenvalue weighted by atomic mass is 32.1. The van der Waals surface area contributed by atoms with Gasteiger partial charge in [0.15, 0.2) is 5.78 Å². The third kappa shape index (κ3) is 2.82. The molecule has 0 aliphatic carbocycles. The van der Waals surface area contributed by atoms with Crippen molar-refractivity contribution in [2.75, 3.05) is 11.1 Å². The Labute approximate surface area is 112 Å². The van der Waals surface area contributed by atoms with Gasteiger partial charge in [-0.2, -0.15) is 5.26 Å². The number of ketones is 1. The minimum atomic E-state index is -0.00778. The summed E-state index contributed by atoms with van der Waals surface area (Å²) in [5.41, 5.74) is 6.61. The lowest BCUT2D eigenvalue weighted by Gasteiger charge is -2.14. The number of carbonyl (C=O) groups is 1. The fraction of sp³-hybridized carbons (Fsp3) is 0.538. The molecule has 1 aromatic heterocycles. The number of rotatable bonds is 6. The van der Waals surface area contributed by atoms with Gasteiger partial charge >= 0.3 is 0 Å². The Morgan fingerprint density at radius 1 is 1.44 bits per heavy atom. The summed E-state index contributed by atoms with van der Waals surface area (Å²) in [5.74, 6) is -0.00778. The van der Waals surface area contributed by atoms with Crippen LogP contribution >= 0.6 is 11.3 Å². The first-order valence-electron chi connectivity index (χ1n) is 6.20. The van der Waals surface area contributed by atoms with Crippen molar-refractivity contribution in [3.8, 4) is 6.07 Å². The van der Waals surface area contributed by atoms with Crippen molar-refractivity contribution in [3.63, 3.8) is 0 Å². The predicted molar refractivity (Wildman–Crippen MR) is 76.1 cm³/mol. The first kappa shape index (κ1) is 14.5. The third-order valence-corrected chi connectivity index (χ3v) is 4.13. The lowest BCUT2D eigenvalue weighted by atomic mass is 10.1. The molecule has 0 saturated carbocycles. The zero-order chi connectivity index (χ0) is 13.7. The van der Waals surface area contributed by atoms with Gasteiger partial charge in [-0.25, -0.2) is 0 Å². The maximum absolute atomic E-state index is 11.7. The standard InChI is InChI=1S/C13H19N3OS/c1-4-8(5-2)16-13-9(7-14)11(15)12(18-13)10(17)6-3/h8,16H,4-6,15H2,1-3H3. The van der Waals surface area contributed by atoms with Crippen LogP contribution in [0.5, 0.6) is 0 Å². The normalized spacial score (nSPS) is 10.4. The molecule has 0 unspecified atom stereocenters. The zero-order valence-corrected chi connectivity index (χ0v) is 11.9. The number of hydrogen-bond donors (Lipinski definition) is 2. The van der Waals surface area contributed by atoms with Crippen LogP contribution in [0.15, 0.2) is 0 Å². The summed E-state index contributed by atoms with van der Waals surface area (Å²) in [7, 11) is 0. The molecule has 0 aliphatic heterocycles. The van der Waals surface area contributed by atoms with E-state index in [0.29, 0.717) is 28.6 Å². The quantitative estimate of drug-likeness (QED) is 0.773. The number of nitrogen functional groups attached to an aromatic ring is 1. The maximum atomic E-state index is 11.7. The number of Topliss-reactive ketones (excluding diaryl/α,β-unsaturated/α-hetero) is 1. The van der Waals surface area contributed by atoms with E-state index >= 15 is 0 Å². The molecule has 1 aromatic rings. The van der Waals surface area contributed by atoms with Gasteiger partial charge in [0.1, 0.15) is 16.6 Å². The van der Waals surface area contributed by atoms with Crippen LogP contribution in [0.3, 0.4) is 0 Å². The van der Waals surface area contributed by atoms with Crippen molar-refractivity contribution in [2.24, 2.45) is 0 Å². The first-order chi connectivity index (χ1) is 8.58. The molecule has 98 valence electrons. The first-order valence-corrected chi connectivity index (χ1v) is 7.02. The maximum Gasteiger partial charge on any atom is 0.174 e. The van der Waals surface area contributed by atoms with Gasteiger partial charge in [0.2, 0.25) is 0 Å². The molecule has 18 heavy (non-hydrogen) atoms. The molecule has 0 amide bonds. The molecule has 0 atom stereocenters. The number of hydrogen-bond acceptors (Lipinski definition) is 5. The summed E-state index contributed by atoms with van der Waals surface area (Å²) in [6.07, 6.45) is 2.34. The van der Waals surface area contributed by atoms with Gasteiger partial charge in [0.25, 0.3) is 0 Å². The molecule has 0 saturated heterocycles.